The van der Waals surface area contributed by atoms with Crippen LogP contribution in [0, 0.1) is 0 Å². The zero-order valence-electron chi connectivity index (χ0n) is 30.5. The molecule has 0 spiro atoms. The van der Waals surface area contributed by atoms with Crippen molar-refractivity contribution in [1.82, 2.24) is 15.0 Å². The van der Waals surface area contributed by atoms with Gasteiger partial charge in [-0.1, -0.05) is 206 Å². The van der Waals surface area contributed by atoms with Crippen molar-refractivity contribution in [2.75, 3.05) is 0 Å². The Labute approximate surface area is 331 Å². The number of aromatic nitrogens is 3. The summed E-state index contributed by atoms with van der Waals surface area (Å²) in [5.74, 6) is 1.91. The fourth-order valence-electron chi connectivity index (χ4n) is 8.12. The van der Waals surface area contributed by atoms with E-state index in [-0.39, 0.29) is 0 Å². The summed E-state index contributed by atoms with van der Waals surface area (Å²) in [7, 11) is 0. The second kappa shape index (κ2) is 14.4. The van der Waals surface area contributed by atoms with Gasteiger partial charge in [-0.25, -0.2) is 15.0 Å². The van der Waals surface area contributed by atoms with Crippen molar-refractivity contribution < 1.29 is 0 Å². The molecule has 3 nitrogen and oxygen atoms in total. The molecule has 0 atom stereocenters. The van der Waals surface area contributed by atoms with Gasteiger partial charge in [0.05, 0.1) is 5.41 Å². The second-order valence-electron chi connectivity index (χ2n) is 14.0. The first-order valence-electron chi connectivity index (χ1n) is 18.9. The molecule has 0 unspecified atom stereocenters. The number of rotatable bonds is 7. The number of benzene rings is 8. The molecule has 0 bridgehead atoms. The molecule has 264 valence electrons. The van der Waals surface area contributed by atoms with Crippen molar-refractivity contribution in [3.63, 3.8) is 0 Å². The Hall–Kier alpha value is -6.88. The third-order valence-electron chi connectivity index (χ3n) is 10.7. The molecule has 1 aliphatic rings. The van der Waals surface area contributed by atoms with E-state index in [0.717, 1.165) is 38.9 Å². The molecule has 2 heterocycles. The molecule has 0 fully saturated rings. The molecular formula is C52H35N3S. The summed E-state index contributed by atoms with van der Waals surface area (Å²) in [6.45, 7) is 0. The van der Waals surface area contributed by atoms with Crippen LogP contribution in [0.4, 0.5) is 0 Å². The largest absolute Gasteiger partial charge is 0.208 e. The number of fused-ring (bicyclic) bond motifs is 2. The fourth-order valence-corrected chi connectivity index (χ4v) is 9.35. The van der Waals surface area contributed by atoms with Crippen LogP contribution in [-0.4, -0.2) is 15.0 Å². The zero-order valence-corrected chi connectivity index (χ0v) is 31.3. The van der Waals surface area contributed by atoms with Crippen LogP contribution in [0.3, 0.4) is 0 Å². The molecule has 0 aliphatic carbocycles. The molecule has 0 radical (unpaired) electrons. The van der Waals surface area contributed by atoms with E-state index >= 15 is 0 Å². The first-order valence-corrected chi connectivity index (χ1v) is 19.7. The van der Waals surface area contributed by atoms with Gasteiger partial charge < -0.3 is 0 Å². The van der Waals surface area contributed by atoms with E-state index in [1.807, 2.05) is 42.1 Å². The monoisotopic (exact) mass is 733 g/mol. The van der Waals surface area contributed by atoms with Gasteiger partial charge in [0.15, 0.2) is 17.5 Å². The smallest absolute Gasteiger partial charge is 0.164 e. The summed E-state index contributed by atoms with van der Waals surface area (Å²) < 4.78 is 0. The average Bonchev–Trinajstić information content (AvgIpc) is 3.29. The summed E-state index contributed by atoms with van der Waals surface area (Å²) in [6.07, 6.45) is 0. The van der Waals surface area contributed by atoms with Gasteiger partial charge >= 0.3 is 0 Å². The predicted octanol–water partition coefficient (Wildman–Crippen LogP) is 13.1. The van der Waals surface area contributed by atoms with Crippen molar-refractivity contribution in [2.24, 2.45) is 0 Å². The summed E-state index contributed by atoms with van der Waals surface area (Å²) in [5.41, 5.74) is 11.9. The van der Waals surface area contributed by atoms with Crippen molar-refractivity contribution in [3.05, 3.63) is 235 Å². The Morgan fingerprint density at radius 2 is 0.786 bits per heavy atom. The summed E-state index contributed by atoms with van der Waals surface area (Å²) in [4.78, 5) is 17.8. The lowest BCUT2D eigenvalue weighted by Crippen LogP contribution is -2.34. The third kappa shape index (κ3) is 5.92. The Morgan fingerprint density at radius 3 is 1.48 bits per heavy atom. The van der Waals surface area contributed by atoms with Gasteiger partial charge in [0.1, 0.15) is 0 Å². The topological polar surface area (TPSA) is 38.7 Å². The fraction of sp³-hybridized carbons (Fsp3) is 0.0192. The van der Waals surface area contributed by atoms with Crippen LogP contribution in [-0.2, 0) is 5.41 Å². The predicted molar refractivity (Wildman–Crippen MR) is 229 cm³/mol. The number of hydrogen-bond acceptors (Lipinski definition) is 4. The number of hydrogen-bond donors (Lipinski definition) is 0. The highest BCUT2D eigenvalue weighted by Crippen LogP contribution is 2.56. The first-order chi connectivity index (χ1) is 27.8. The van der Waals surface area contributed by atoms with Crippen LogP contribution in [0.15, 0.2) is 222 Å². The summed E-state index contributed by atoms with van der Waals surface area (Å²) in [6, 6.07) is 75.3. The quantitative estimate of drug-likeness (QED) is 0.163. The van der Waals surface area contributed by atoms with Crippen LogP contribution in [0.2, 0.25) is 0 Å². The Morgan fingerprint density at radius 1 is 0.304 bits per heavy atom. The van der Waals surface area contributed by atoms with E-state index in [1.165, 1.54) is 32.0 Å². The molecule has 0 amide bonds. The van der Waals surface area contributed by atoms with E-state index < -0.39 is 5.41 Å². The first kappa shape index (κ1) is 33.7. The molecule has 1 aliphatic heterocycles. The van der Waals surface area contributed by atoms with Crippen LogP contribution in [0.5, 0.6) is 0 Å². The molecule has 10 rings (SSSR count). The van der Waals surface area contributed by atoms with E-state index in [9.17, 15) is 0 Å². The van der Waals surface area contributed by atoms with Crippen molar-refractivity contribution in [1.29, 1.82) is 0 Å². The van der Waals surface area contributed by atoms with Gasteiger partial charge in [0.25, 0.3) is 0 Å². The molecule has 56 heavy (non-hydrogen) atoms. The lowest BCUT2D eigenvalue weighted by Gasteiger charge is -2.42. The molecule has 0 saturated carbocycles. The highest BCUT2D eigenvalue weighted by Gasteiger charge is 2.44. The van der Waals surface area contributed by atoms with Crippen LogP contribution in [0.1, 0.15) is 22.3 Å². The van der Waals surface area contributed by atoms with Crippen LogP contribution in [0.25, 0.3) is 56.4 Å². The Bertz CT molecular complexity index is 2780. The standard InChI is InChI=1S/C52H35N3S/c1-5-18-36(19-6-1)43-28-13-14-29-44(43)51-54-49(37-20-7-2-8-21-37)53-50(55-51)40-23-17-22-38(34-40)39-32-33-46-48(35-39)56-47-31-16-15-30-45(47)52(46,41-24-9-3-10-25-41)42-26-11-4-12-27-42/h1-35H. The lowest BCUT2D eigenvalue weighted by atomic mass is 9.64. The highest BCUT2D eigenvalue weighted by molar-refractivity contribution is 7.99. The SMILES string of the molecule is c1ccc(-c2nc(-c3cccc(-c4ccc5c(c4)Sc4ccccc4C5(c4ccccc4)c4ccccc4)c3)nc(-c3ccccc3-c3ccccc3)n2)cc1. The maximum Gasteiger partial charge on any atom is 0.164 e. The van der Waals surface area contributed by atoms with Crippen molar-refractivity contribution >= 4 is 11.8 Å². The van der Waals surface area contributed by atoms with E-state index in [1.54, 1.807) is 0 Å². The third-order valence-corrected chi connectivity index (χ3v) is 11.8. The maximum atomic E-state index is 5.18. The Kier molecular flexibility index (Phi) is 8.66. The van der Waals surface area contributed by atoms with Gasteiger partial charge in [0, 0.05) is 26.5 Å². The minimum absolute atomic E-state index is 0.467. The molecule has 0 saturated heterocycles. The van der Waals surface area contributed by atoms with Gasteiger partial charge in [-0.3, -0.25) is 0 Å². The molecule has 9 aromatic rings. The minimum atomic E-state index is -0.467. The zero-order chi connectivity index (χ0) is 37.3. The maximum absolute atomic E-state index is 5.18. The van der Waals surface area contributed by atoms with Gasteiger partial charge in [-0.15, -0.1) is 0 Å². The van der Waals surface area contributed by atoms with Crippen molar-refractivity contribution in [2.45, 2.75) is 15.2 Å². The minimum Gasteiger partial charge on any atom is -0.208 e. The number of nitrogens with zero attached hydrogens (tertiary/aromatic N) is 3. The average molecular weight is 734 g/mol. The highest BCUT2D eigenvalue weighted by atomic mass is 32.2. The summed E-state index contributed by atoms with van der Waals surface area (Å²) >= 11 is 1.85. The van der Waals surface area contributed by atoms with Crippen LogP contribution < -0.4 is 0 Å². The van der Waals surface area contributed by atoms with E-state index in [0.29, 0.717) is 17.5 Å². The van der Waals surface area contributed by atoms with E-state index in [4.69, 9.17) is 15.0 Å². The second-order valence-corrected chi connectivity index (χ2v) is 15.0. The summed E-state index contributed by atoms with van der Waals surface area (Å²) in [5, 5.41) is 0. The van der Waals surface area contributed by atoms with Gasteiger partial charge in [0.2, 0.25) is 0 Å². The normalized spacial score (nSPS) is 12.7. The van der Waals surface area contributed by atoms with E-state index in [2.05, 4.69) is 182 Å². The Balaban J connectivity index is 1.12. The molecule has 8 aromatic carbocycles. The molecule has 0 N–H and O–H groups in total. The van der Waals surface area contributed by atoms with Gasteiger partial charge in [-0.05, 0) is 62.7 Å². The van der Waals surface area contributed by atoms with Crippen LogP contribution >= 0.6 is 11.8 Å². The molecule has 1 aromatic heterocycles. The lowest BCUT2D eigenvalue weighted by molar-refractivity contribution is 0.703. The molecular weight excluding hydrogens is 699 g/mol. The molecule has 4 heteroatoms. The van der Waals surface area contributed by atoms with Crippen molar-refractivity contribution in [3.8, 4) is 56.4 Å². The van der Waals surface area contributed by atoms with Gasteiger partial charge in [-0.2, -0.15) is 0 Å².